The molecular formula is C19H23NO3S. The minimum atomic E-state index is -3.57. The summed E-state index contributed by atoms with van der Waals surface area (Å²) in [6, 6.07) is 16.6. The number of nitrogens with one attached hydrogen (secondary N) is 1. The second kappa shape index (κ2) is 7.62. The molecule has 2 aromatic carbocycles. The highest BCUT2D eigenvalue weighted by Gasteiger charge is 2.29. The fourth-order valence-corrected chi connectivity index (χ4v) is 3.77. The Balaban J connectivity index is 2.06. The first-order valence-electron chi connectivity index (χ1n) is 7.92. The third kappa shape index (κ3) is 4.68. The van der Waals surface area contributed by atoms with Crippen LogP contribution in [0.2, 0.25) is 0 Å². The van der Waals surface area contributed by atoms with E-state index in [-0.39, 0.29) is 11.8 Å². The predicted octanol–water partition coefficient (Wildman–Crippen LogP) is 3.18. The number of hydrogen-bond donors (Lipinski definition) is 1. The third-order valence-electron chi connectivity index (χ3n) is 4.02. The standard InChI is InChI=1S/C19H23NO3S/c1-14-8-7-9-17(12-14)13-24(22,23)16(3)19(21)20-15(2)18-10-5-4-6-11-18/h4-12,15-16H,13H2,1-3H3,(H,20,21)/t15-,16+/m1/s1. The minimum Gasteiger partial charge on any atom is -0.348 e. The van der Waals surface area contributed by atoms with E-state index < -0.39 is 21.0 Å². The summed E-state index contributed by atoms with van der Waals surface area (Å²) in [6.07, 6.45) is 0. The lowest BCUT2D eigenvalue weighted by Gasteiger charge is -2.18. The number of aryl methyl sites for hydroxylation is 1. The van der Waals surface area contributed by atoms with Crippen LogP contribution in [0.25, 0.3) is 0 Å². The van der Waals surface area contributed by atoms with Crippen molar-refractivity contribution in [3.63, 3.8) is 0 Å². The van der Waals surface area contributed by atoms with Crippen LogP contribution in [0.4, 0.5) is 0 Å². The second-order valence-electron chi connectivity index (χ2n) is 6.08. The van der Waals surface area contributed by atoms with Gasteiger partial charge < -0.3 is 5.32 Å². The van der Waals surface area contributed by atoms with Crippen molar-refractivity contribution < 1.29 is 13.2 Å². The first-order valence-corrected chi connectivity index (χ1v) is 9.63. The molecule has 0 spiro atoms. The van der Waals surface area contributed by atoms with Crippen LogP contribution in [0, 0.1) is 6.92 Å². The fraction of sp³-hybridized carbons (Fsp3) is 0.316. The van der Waals surface area contributed by atoms with Gasteiger partial charge in [0, 0.05) is 0 Å². The zero-order valence-corrected chi connectivity index (χ0v) is 15.0. The van der Waals surface area contributed by atoms with E-state index in [0.717, 1.165) is 11.1 Å². The van der Waals surface area contributed by atoms with Gasteiger partial charge in [0.05, 0.1) is 11.8 Å². The smallest absolute Gasteiger partial charge is 0.238 e. The van der Waals surface area contributed by atoms with Gasteiger partial charge in [0.2, 0.25) is 5.91 Å². The molecule has 0 aliphatic carbocycles. The number of amides is 1. The Morgan fingerprint density at radius 2 is 1.71 bits per heavy atom. The van der Waals surface area contributed by atoms with Crippen molar-refractivity contribution in [2.75, 3.05) is 0 Å². The molecule has 1 amide bonds. The molecule has 24 heavy (non-hydrogen) atoms. The summed E-state index contributed by atoms with van der Waals surface area (Å²) in [5.41, 5.74) is 2.64. The predicted molar refractivity (Wildman–Crippen MR) is 96.3 cm³/mol. The first kappa shape index (κ1) is 18.2. The molecule has 0 unspecified atom stereocenters. The maximum Gasteiger partial charge on any atom is 0.238 e. The van der Waals surface area contributed by atoms with E-state index in [9.17, 15) is 13.2 Å². The molecule has 4 nitrogen and oxygen atoms in total. The van der Waals surface area contributed by atoms with Crippen LogP contribution in [-0.2, 0) is 20.4 Å². The molecular weight excluding hydrogens is 322 g/mol. The molecule has 1 N–H and O–H groups in total. The number of benzene rings is 2. The average molecular weight is 345 g/mol. The van der Waals surface area contributed by atoms with E-state index in [1.165, 1.54) is 6.92 Å². The molecule has 0 aliphatic rings. The minimum absolute atomic E-state index is 0.136. The maximum absolute atomic E-state index is 12.5. The van der Waals surface area contributed by atoms with E-state index in [2.05, 4.69) is 5.32 Å². The van der Waals surface area contributed by atoms with Crippen LogP contribution in [0.5, 0.6) is 0 Å². The molecule has 0 radical (unpaired) electrons. The van der Waals surface area contributed by atoms with E-state index in [1.807, 2.05) is 62.4 Å². The normalized spacial score (nSPS) is 14.0. The van der Waals surface area contributed by atoms with Crippen LogP contribution in [0.1, 0.15) is 36.6 Å². The van der Waals surface area contributed by atoms with Gasteiger partial charge in [-0.05, 0) is 31.9 Å². The lowest BCUT2D eigenvalue weighted by atomic mass is 10.1. The third-order valence-corrected chi connectivity index (χ3v) is 6.04. The lowest BCUT2D eigenvalue weighted by Crippen LogP contribution is -2.39. The molecule has 0 fully saturated rings. The van der Waals surface area contributed by atoms with Crippen molar-refractivity contribution >= 4 is 15.7 Å². The first-order chi connectivity index (χ1) is 11.3. The molecule has 0 saturated carbocycles. The summed E-state index contributed by atoms with van der Waals surface area (Å²) >= 11 is 0. The molecule has 0 bridgehead atoms. The van der Waals surface area contributed by atoms with Gasteiger partial charge in [-0.1, -0.05) is 60.2 Å². The van der Waals surface area contributed by atoms with E-state index in [4.69, 9.17) is 0 Å². The zero-order valence-electron chi connectivity index (χ0n) is 14.2. The molecule has 0 heterocycles. The Morgan fingerprint density at radius 3 is 2.33 bits per heavy atom. The van der Waals surface area contributed by atoms with Crippen LogP contribution >= 0.6 is 0 Å². The molecule has 5 heteroatoms. The summed E-state index contributed by atoms with van der Waals surface area (Å²) < 4.78 is 25.0. The van der Waals surface area contributed by atoms with Gasteiger partial charge in [0.15, 0.2) is 9.84 Å². The highest BCUT2D eigenvalue weighted by Crippen LogP contribution is 2.16. The largest absolute Gasteiger partial charge is 0.348 e. The summed E-state index contributed by atoms with van der Waals surface area (Å²) in [7, 11) is -3.57. The van der Waals surface area contributed by atoms with Crippen molar-refractivity contribution in [1.29, 1.82) is 0 Å². The summed E-state index contributed by atoms with van der Waals surface area (Å²) in [5, 5.41) is 1.69. The fourth-order valence-electron chi connectivity index (χ4n) is 2.48. The number of rotatable bonds is 6. The summed E-state index contributed by atoms with van der Waals surface area (Å²) in [6.45, 7) is 5.19. The zero-order chi connectivity index (χ0) is 17.7. The van der Waals surface area contributed by atoms with Gasteiger partial charge in [-0.15, -0.1) is 0 Å². The number of hydrogen-bond acceptors (Lipinski definition) is 3. The molecule has 128 valence electrons. The Hall–Kier alpha value is -2.14. The van der Waals surface area contributed by atoms with Crippen LogP contribution in [-0.4, -0.2) is 19.6 Å². The van der Waals surface area contributed by atoms with Crippen LogP contribution < -0.4 is 5.32 Å². The molecule has 2 aromatic rings. The number of carbonyl (C=O) groups excluding carboxylic acids is 1. The van der Waals surface area contributed by atoms with Crippen molar-refractivity contribution in [1.82, 2.24) is 5.32 Å². The van der Waals surface area contributed by atoms with Crippen LogP contribution in [0.3, 0.4) is 0 Å². The Morgan fingerprint density at radius 1 is 1.04 bits per heavy atom. The van der Waals surface area contributed by atoms with Crippen molar-refractivity contribution in [3.8, 4) is 0 Å². The second-order valence-corrected chi connectivity index (χ2v) is 8.40. The van der Waals surface area contributed by atoms with Gasteiger partial charge in [-0.2, -0.15) is 0 Å². The van der Waals surface area contributed by atoms with Crippen molar-refractivity contribution in [2.45, 2.75) is 37.8 Å². The van der Waals surface area contributed by atoms with E-state index >= 15 is 0 Å². The van der Waals surface area contributed by atoms with Crippen molar-refractivity contribution in [2.24, 2.45) is 0 Å². The summed E-state index contributed by atoms with van der Waals surface area (Å²) in [5.74, 6) is -0.609. The SMILES string of the molecule is Cc1cccc(CS(=O)(=O)[C@@H](C)C(=O)N[C@H](C)c2ccccc2)c1. The highest BCUT2D eigenvalue weighted by molar-refractivity contribution is 7.92. The molecule has 0 aromatic heterocycles. The molecule has 0 saturated heterocycles. The average Bonchev–Trinajstić information content (AvgIpc) is 2.54. The van der Waals surface area contributed by atoms with E-state index in [0.29, 0.717) is 5.56 Å². The van der Waals surface area contributed by atoms with Gasteiger partial charge in [-0.25, -0.2) is 8.42 Å². The monoisotopic (exact) mass is 345 g/mol. The van der Waals surface area contributed by atoms with Gasteiger partial charge >= 0.3 is 0 Å². The van der Waals surface area contributed by atoms with Crippen LogP contribution in [0.15, 0.2) is 54.6 Å². The quantitative estimate of drug-likeness (QED) is 0.874. The van der Waals surface area contributed by atoms with Crippen molar-refractivity contribution in [3.05, 3.63) is 71.3 Å². The Labute approximate surface area is 143 Å². The van der Waals surface area contributed by atoms with Gasteiger partial charge in [-0.3, -0.25) is 4.79 Å². The Bertz CT molecular complexity index is 800. The maximum atomic E-state index is 12.5. The number of sulfone groups is 1. The van der Waals surface area contributed by atoms with Gasteiger partial charge in [0.1, 0.15) is 5.25 Å². The number of carbonyl (C=O) groups is 1. The lowest BCUT2D eigenvalue weighted by molar-refractivity contribution is -0.121. The molecule has 2 atom stereocenters. The summed E-state index contributed by atoms with van der Waals surface area (Å²) in [4.78, 5) is 12.3. The van der Waals surface area contributed by atoms with Gasteiger partial charge in [0.25, 0.3) is 0 Å². The molecule has 0 aliphatic heterocycles. The van der Waals surface area contributed by atoms with E-state index in [1.54, 1.807) is 6.07 Å². The molecule has 2 rings (SSSR count). The topological polar surface area (TPSA) is 63.2 Å². The Kier molecular flexibility index (Phi) is 5.78. The highest BCUT2D eigenvalue weighted by atomic mass is 32.2.